The molecule has 5 heteroatoms. The van der Waals surface area contributed by atoms with Crippen molar-refractivity contribution in [1.82, 2.24) is 9.97 Å². The predicted molar refractivity (Wildman–Crippen MR) is 82.2 cm³/mol. The fourth-order valence-corrected chi connectivity index (χ4v) is 2.75. The molecule has 108 valence electrons. The van der Waals surface area contributed by atoms with Crippen LogP contribution in [0.4, 0.5) is 5.95 Å². The Hall–Kier alpha value is -2.43. The van der Waals surface area contributed by atoms with Gasteiger partial charge in [-0.1, -0.05) is 35.0 Å². The molecule has 1 aromatic heterocycles. The van der Waals surface area contributed by atoms with Crippen molar-refractivity contribution in [3.63, 3.8) is 0 Å². The first-order valence-electron chi connectivity index (χ1n) is 6.95. The molecule has 0 spiro atoms. The average molecular weight is 282 g/mol. The highest BCUT2D eigenvalue weighted by atomic mass is 16.6. The van der Waals surface area contributed by atoms with E-state index in [4.69, 9.17) is 10.6 Å². The van der Waals surface area contributed by atoms with Crippen LogP contribution in [-0.2, 0) is 11.3 Å². The summed E-state index contributed by atoms with van der Waals surface area (Å²) in [6, 6.07) is 8.60. The molecule has 2 aromatic rings. The fraction of sp³-hybridized carbons (Fsp3) is 0.312. The van der Waals surface area contributed by atoms with Crippen molar-refractivity contribution in [3.8, 4) is 0 Å². The monoisotopic (exact) mass is 282 g/mol. The van der Waals surface area contributed by atoms with E-state index in [-0.39, 0.29) is 0 Å². The minimum atomic E-state index is 0.301. The summed E-state index contributed by atoms with van der Waals surface area (Å²) in [5.74, 6) is 0.636. The maximum atomic E-state index is 5.71. The lowest BCUT2D eigenvalue weighted by molar-refractivity contribution is 0.212. The normalized spacial score (nSPS) is 19.3. The Morgan fingerprint density at radius 1 is 1.24 bits per heavy atom. The van der Waals surface area contributed by atoms with Crippen LogP contribution in [0.2, 0.25) is 0 Å². The largest absolute Gasteiger partial charge is 0.399 e. The van der Waals surface area contributed by atoms with Crippen molar-refractivity contribution >= 4 is 11.7 Å². The molecule has 1 aromatic carbocycles. The Bertz CT molecular complexity index is 679. The van der Waals surface area contributed by atoms with Gasteiger partial charge in [-0.2, -0.15) is 0 Å². The van der Waals surface area contributed by atoms with E-state index in [9.17, 15) is 0 Å². The molecule has 0 amide bonds. The molecular formula is C16H18N4O. The van der Waals surface area contributed by atoms with Gasteiger partial charge in [0.25, 0.3) is 0 Å². The molecule has 5 nitrogen and oxygen atoms in total. The number of hydrogen-bond acceptors (Lipinski definition) is 5. The highest BCUT2D eigenvalue weighted by Gasteiger charge is 2.27. The van der Waals surface area contributed by atoms with Gasteiger partial charge in [0.15, 0.2) is 0 Å². The summed E-state index contributed by atoms with van der Waals surface area (Å²) < 4.78 is 0. The molecule has 1 aliphatic carbocycles. The molecule has 0 bridgehead atoms. The molecule has 21 heavy (non-hydrogen) atoms. The summed E-state index contributed by atoms with van der Waals surface area (Å²) in [6.45, 7) is 2.09. The van der Waals surface area contributed by atoms with Crippen LogP contribution >= 0.6 is 0 Å². The molecule has 1 heterocycles. The van der Waals surface area contributed by atoms with Gasteiger partial charge in [0.1, 0.15) is 7.11 Å². The van der Waals surface area contributed by atoms with E-state index in [1.54, 1.807) is 13.3 Å². The van der Waals surface area contributed by atoms with Crippen molar-refractivity contribution in [1.29, 1.82) is 0 Å². The Morgan fingerprint density at radius 2 is 2.00 bits per heavy atom. The number of oxime groups is 1. The zero-order valence-electron chi connectivity index (χ0n) is 12.2. The summed E-state index contributed by atoms with van der Waals surface area (Å²) in [5.41, 5.74) is 11.0. The van der Waals surface area contributed by atoms with Crippen molar-refractivity contribution in [3.05, 3.63) is 52.8 Å². The van der Waals surface area contributed by atoms with E-state index < -0.39 is 0 Å². The van der Waals surface area contributed by atoms with Crippen LogP contribution in [0.1, 0.15) is 34.7 Å². The van der Waals surface area contributed by atoms with Crippen LogP contribution in [0.5, 0.6) is 0 Å². The number of nitrogen functional groups attached to an aromatic ring is 1. The lowest BCUT2D eigenvalue weighted by Crippen LogP contribution is -2.22. The molecule has 0 radical (unpaired) electrons. The third-order valence-corrected chi connectivity index (χ3v) is 3.83. The van der Waals surface area contributed by atoms with Crippen molar-refractivity contribution < 1.29 is 4.84 Å². The molecule has 1 atom stereocenters. The second kappa shape index (κ2) is 5.52. The van der Waals surface area contributed by atoms with Crippen LogP contribution in [0.25, 0.3) is 0 Å². The van der Waals surface area contributed by atoms with Crippen LogP contribution < -0.4 is 5.73 Å². The van der Waals surface area contributed by atoms with Gasteiger partial charge in [-0.15, -0.1) is 0 Å². The molecule has 1 unspecified atom stereocenters. The number of anilines is 1. The maximum Gasteiger partial charge on any atom is 0.220 e. The van der Waals surface area contributed by atoms with Crippen molar-refractivity contribution in [2.45, 2.75) is 25.7 Å². The third-order valence-electron chi connectivity index (χ3n) is 3.83. The van der Waals surface area contributed by atoms with Crippen LogP contribution in [0.15, 0.2) is 35.6 Å². The second-order valence-electron chi connectivity index (χ2n) is 5.32. The Morgan fingerprint density at radius 3 is 2.71 bits per heavy atom. The molecule has 0 saturated heterocycles. The van der Waals surface area contributed by atoms with Gasteiger partial charge < -0.3 is 10.6 Å². The minimum Gasteiger partial charge on any atom is -0.399 e. The first kappa shape index (κ1) is 13.5. The number of benzene rings is 1. The van der Waals surface area contributed by atoms with E-state index in [2.05, 4.69) is 46.3 Å². The third kappa shape index (κ3) is 2.72. The van der Waals surface area contributed by atoms with Gasteiger partial charge >= 0.3 is 0 Å². The van der Waals surface area contributed by atoms with Crippen molar-refractivity contribution in [2.75, 3.05) is 12.8 Å². The highest BCUT2D eigenvalue weighted by Crippen LogP contribution is 2.32. The molecule has 0 fully saturated rings. The average Bonchev–Trinajstić information content (AvgIpc) is 2.47. The zero-order chi connectivity index (χ0) is 14.8. The molecule has 2 N–H and O–H groups in total. The Balaban J connectivity index is 2.00. The summed E-state index contributed by atoms with van der Waals surface area (Å²) in [6.07, 6.45) is 3.39. The number of fused-ring (bicyclic) bond motifs is 1. The Kier molecular flexibility index (Phi) is 3.56. The smallest absolute Gasteiger partial charge is 0.220 e. The Labute approximate surface area is 123 Å². The quantitative estimate of drug-likeness (QED) is 0.859. The number of aryl methyl sites for hydroxylation is 1. The van der Waals surface area contributed by atoms with Crippen LogP contribution in [-0.4, -0.2) is 22.8 Å². The molecular weight excluding hydrogens is 264 g/mol. The predicted octanol–water partition coefficient (Wildman–Crippen LogP) is 2.45. The van der Waals surface area contributed by atoms with Crippen LogP contribution in [0.3, 0.4) is 0 Å². The number of hydrogen-bond donors (Lipinski definition) is 1. The minimum absolute atomic E-state index is 0.301. The first-order chi connectivity index (χ1) is 10.2. The van der Waals surface area contributed by atoms with E-state index in [0.29, 0.717) is 11.9 Å². The fourth-order valence-electron chi connectivity index (χ4n) is 2.75. The van der Waals surface area contributed by atoms with Gasteiger partial charge in [0.05, 0.1) is 11.4 Å². The van der Waals surface area contributed by atoms with Gasteiger partial charge in [0, 0.05) is 18.2 Å². The summed E-state index contributed by atoms with van der Waals surface area (Å²) in [7, 11) is 1.56. The highest BCUT2D eigenvalue weighted by molar-refractivity contribution is 6.02. The second-order valence-corrected chi connectivity index (χ2v) is 5.32. The van der Waals surface area contributed by atoms with Gasteiger partial charge in [0.2, 0.25) is 5.95 Å². The van der Waals surface area contributed by atoms with Gasteiger partial charge in [-0.25, -0.2) is 9.97 Å². The molecule has 0 saturated carbocycles. The van der Waals surface area contributed by atoms with E-state index in [0.717, 1.165) is 29.8 Å². The zero-order valence-corrected chi connectivity index (χ0v) is 12.2. The standard InChI is InChI=1S/C16H18N4O/c1-10-3-5-11(6-4-10)12-7-14-13(9-18-16(17)19-14)15(8-12)20-21-2/h3-6,9,12H,7-8H2,1-2H3,(H2,17,18,19). The topological polar surface area (TPSA) is 73.4 Å². The molecule has 1 aliphatic rings. The summed E-state index contributed by atoms with van der Waals surface area (Å²) in [5, 5.41) is 4.14. The summed E-state index contributed by atoms with van der Waals surface area (Å²) >= 11 is 0. The van der Waals surface area contributed by atoms with Crippen LogP contribution in [0, 0.1) is 6.92 Å². The lowest BCUT2D eigenvalue weighted by Gasteiger charge is -2.25. The lowest BCUT2D eigenvalue weighted by atomic mass is 9.81. The van der Waals surface area contributed by atoms with Gasteiger partial charge in [-0.05, 0) is 24.8 Å². The van der Waals surface area contributed by atoms with E-state index >= 15 is 0 Å². The number of nitrogens with two attached hydrogens (primary N) is 1. The summed E-state index contributed by atoms with van der Waals surface area (Å²) in [4.78, 5) is 13.4. The van der Waals surface area contributed by atoms with E-state index in [1.807, 2.05) is 0 Å². The SMILES string of the molecule is CON=C1CC(c2ccc(C)cc2)Cc2nc(N)ncc21. The molecule has 3 rings (SSSR count). The number of nitrogens with zero attached hydrogens (tertiary/aromatic N) is 3. The van der Waals surface area contributed by atoms with Gasteiger partial charge in [-0.3, -0.25) is 0 Å². The number of rotatable bonds is 2. The number of aromatic nitrogens is 2. The maximum absolute atomic E-state index is 5.71. The first-order valence-corrected chi connectivity index (χ1v) is 6.95. The van der Waals surface area contributed by atoms with E-state index in [1.165, 1.54) is 11.1 Å². The molecule has 0 aliphatic heterocycles. The van der Waals surface area contributed by atoms with Crippen molar-refractivity contribution in [2.24, 2.45) is 5.16 Å².